The second kappa shape index (κ2) is 11.2. The van der Waals surface area contributed by atoms with Crippen LogP contribution in [0.4, 0.5) is 0 Å². The molecule has 1 aromatic rings. The summed E-state index contributed by atoms with van der Waals surface area (Å²) in [4.78, 5) is 30.9. The number of amides is 1. The molecular weight excluding hydrogens is 362 g/mol. The summed E-state index contributed by atoms with van der Waals surface area (Å²) in [5, 5.41) is 16.3. The first kappa shape index (κ1) is 25.8. The summed E-state index contributed by atoms with van der Waals surface area (Å²) < 4.78 is 24.2. The number of fused-ring (bicyclic) bond motifs is 1. The Morgan fingerprint density at radius 1 is 1.17 bits per heavy atom. The molecule has 0 aliphatic carbocycles. The maximum absolute atomic E-state index is 11.1. The van der Waals surface area contributed by atoms with Crippen LogP contribution in [-0.4, -0.2) is 102 Å². The molecule has 9 nitrogen and oxygen atoms in total. The fraction of sp³-hybridized carbons (Fsp3) is 0.250. The number of sulfonamides is 1. The molecule has 0 saturated heterocycles. The Hall–Kier alpha value is -0.460. The third-order valence-electron chi connectivity index (χ3n) is 2.63. The zero-order valence-electron chi connectivity index (χ0n) is 11.2. The number of carboxylic acids is 2. The van der Waals surface area contributed by atoms with Crippen molar-refractivity contribution in [2.75, 3.05) is 0 Å². The van der Waals surface area contributed by atoms with Crippen LogP contribution in [0.25, 0.3) is 0 Å². The third kappa shape index (κ3) is 7.62. The number of hydrogen-bond donors (Lipinski definition) is 4. The molecule has 0 bridgehead atoms. The van der Waals surface area contributed by atoms with Crippen molar-refractivity contribution in [2.45, 2.75) is 23.8 Å². The molecule has 24 heavy (non-hydrogen) atoms. The van der Waals surface area contributed by atoms with Crippen molar-refractivity contribution < 1.29 is 33.0 Å². The van der Waals surface area contributed by atoms with Crippen molar-refractivity contribution in [1.82, 2.24) is 4.72 Å². The molecule has 1 amide bonds. The van der Waals surface area contributed by atoms with Crippen molar-refractivity contribution in [3.05, 3.63) is 29.8 Å². The Morgan fingerprint density at radius 2 is 1.71 bits per heavy atom. The molecule has 1 unspecified atom stereocenters. The van der Waals surface area contributed by atoms with Crippen molar-refractivity contribution in [3.63, 3.8) is 0 Å². The van der Waals surface area contributed by atoms with Crippen LogP contribution in [0.2, 0.25) is 0 Å². The first-order valence-electron chi connectivity index (χ1n) is 6.01. The van der Waals surface area contributed by atoms with E-state index >= 15 is 0 Å². The summed E-state index contributed by atoms with van der Waals surface area (Å²) in [6.07, 6.45) is -0.224. The Labute approximate surface area is 182 Å². The topological polar surface area (TPSA) is 164 Å². The molecule has 12 heteroatoms. The summed E-state index contributed by atoms with van der Waals surface area (Å²) in [6.45, 7) is 0. The van der Waals surface area contributed by atoms with E-state index in [1.54, 1.807) is 12.1 Å². The van der Waals surface area contributed by atoms with Gasteiger partial charge in [0.1, 0.15) is 10.9 Å². The SMILES string of the molecule is NC(CCC(=O)O)C(=O)O.O=C1NS(=O)(=O)c2ccccc21.[NaH].[NaH]. The summed E-state index contributed by atoms with van der Waals surface area (Å²) in [6, 6.07) is 5.03. The fourth-order valence-electron chi connectivity index (χ4n) is 1.52. The van der Waals surface area contributed by atoms with Gasteiger partial charge in [-0.2, -0.15) is 0 Å². The van der Waals surface area contributed by atoms with E-state index in [1.807, 2.05) is 4.72 Å². The molecule has 1 aromatic carbocycles. The predicted octanol–water partition coefficient (Wildman–Crippen LogP) is -1.92. The molecule has 0 radical (unpaired) electrons. The number of carbonyl (C=O) groups excluding carboxylic acids is 1. The summed E-state index contributed by atoms with van der Waals surface area (Å²) in [7, 11) is -3.55. The van der Waals surface area contributed by atoms with Crippen molar-refractivity contribution >= 4 is 87.0 Å². The number of carbonyl (C=O) groups is 3. The minimum absolute atomic E-state index is 0. The van der Waals surface area contributed by atoms with Gasteiger partial charge in [-0.15, -0.1) is 0 Å². The number of rotatable bonds is 4. The molecule has 0 aromatic heterocycles. The van der Waals surface area contributed by atoms with Crippen LogP contribution in [0.15, 0.2) is 29.2 Å². The van der Waals surface area contributed by atoms with Gasteiger partial charge >= 0.3 is 71.1 Å². The number of carboxylic acid groups (broad SMARTS) is 2. The van der Waals surface area contributed by atoms with E-state index < -0.39 is 33.9 Å². The van der Waals surface area contributed by atoms with Gasteiger partial charge in [-0.05, 0) is 18.6 Å². The average Bonchev–Trinajstić information content (AvgIpc) is 2.67. The zero-order valence-corrected chi connectivity index (χ0v) is 12.0. The minimum atomic E-state index is -3.55. The maximum atomic E-state index is 11.1. The Bertz CT molecular complexity index is 709. The van der Waals surface area contributed by atoms with Crippen molar-refractivity contribution in [2.24, 2.45) is 5.73 Å². The average molecular weight is 378 g/mol. The molecule has 1 atom stereocenters. The number of benzene rings is 1. The van der Waals surface area contributed by atoms with Crippen molar-refractivity contribution in [3.8, 4) is 0 Å². The van der Waals surface area contributed by atoms with Gasteiger partial charge in [0.2, 0.25) is 0 Å². The molecule has 0 spiro atoms. The number of aliphatic carboxylic acids is 2. The standard InChI is InChI=1S/C7H5NO3S.C5H9NO4.2Na.2H/c9-7-5-3-1-2-4-6(5)12(10,11)8-7;6-3(5(9)10)1-2-4(7)8;;;;/h1-4H,(H,8,9);3H,1-2,6H2,(H,7,8)(H,9,10);;;;. The number of nitrogens with one attached hydrogen (secondary N) is 1. The quantitative estimate of drug-likeness (QED) is 0.441. The van der Waals surface area contributed by atoms with Gasteiger partial charge in [0.05, 0.1) is 5.56 Å². The first-order chi connectivity index (χ1) is 10.1. The molecule has 0 saturated carbocycles. The molecule has 1 heterocycles. The van der Waals surface area contributed by atoms with Gasteiger partial charge in [0, 0.05) is 6.42 Å². The monoisotopic (exact) mass is 378 g/mol. The van der Waals surface area contributed by atoms with Gasteiger partial charge < -0.3 is 15.9 Å². The van der Waals surface area contributed by atoms with E-state index in [0.717, 1.165) is 0 Å². The van der Waals surface area contributed by atoms with E-state index in [4.69, 9.17) is 15.9 Å². The summed E-state index contributed by atoms with van der Waals surface area (Å²) in [5.74, 6) is -2.75. The van der Waals surface area contributed by atoms with E-state index in [9.17, 15) is 22.8 Å². The first-order valence-corrected chi connectivity index (χ1v) is 7.50. The van der Waals surface area contributed by atoms with Gasteiger partial charge in [-0.3, -0.25) is 14.4 Å². The molecule has 2 rings (SSSR count). The second-order valence-electron chi connectivity index (χ2n) is 4.31. The zero-order chi connectivity index (χ0) is 16.9. The molecular formula is C12H16N2Na2O7S. The van der Waals surface area contributed by atoms with Crippen LogP contribution in [0.1, 0.15) is 23.2 Å². The van der Waals surface area contributed by atoms with Crippen LogP contribution in [0.3, 0.4) is 0 Å². The van der Waals surface area contributed by atoms with Gasteiger partial charge in [-0.25, -0.2) is 13.1 Å². The number of hydrogen-bond acceptors (Lipinski definition) is 6. The second-order valence-corrected chi connectivity index (χ2v) is 5.96. The summed E-state index contributed by atoms with van der Waals surface area (Å²) in [5.41, 5.74) is 5.22. The molecule has 5 N–H and O–H groups in total. The fourth-order valence-corrected chi connectivity index (χ4v) is 2.69. The van der Waals surface area contributed by atoms with Crippen LogP contribution in [0.5, 0.6) is 0 Å². The Kier molecular flexibility index (Phi) is 12.0. The van der Waals surface area contributed by atoms with E-state index in [2.05, 4.69) is 0 Å². The van der Waals surface area contributed by atoms with Gasteiger partial charge in [-0.1, -0.05) is 12.1 Å². The summed E-state index contributed by atoms with van der Waals surface area (Å²) >= 11 is 0. The molecule has 1 aliphatic heterocycles. The van der Waals surface area contributed by atoms with Crippen LogP contribution < -0.4 is 10.5 Å². The third-order valence-corrected chi connectivity index (χ3v) is 4.02. The van der Waals surface area contributed by atoms with E-state index in [1.165, 1.54) is 12.1 Å². The molecule has 1 aliphatic rings. The number of nitrogens with two attached hydrogens (primary N) is 1. The van der Waals surface area contributed by atoms with Crippen LogP contribution >= 0.6 is 0 Å². The molecule has 124 valence electrons. The normalized spacial score (nSPS) is 14.5. The van der Waals surface area contributed by atoms with Crippen molar-refractivity contribution in [1.29, 1.82) is 0 Å². The van der Waals surface area contributed by atoms with Gasteiger partial charge in [0.25, 0.3) is 15.9 Å². The van der Waals surface area contributed by atoms with E-state index in [0.29, 0.717) is 0 Å². The molecule has 0 fully saturated rings. The van der Waals surface area contributed by atoms with E-state index in [-0.39, 0.29) is 82.4 Å². The van der Waals surface area contributed by atoms with Crippen LogP contribution in [-0.2, 0) is 19.6 Å². The predicted molar refractivity (Wildman–Crippen MR) is 87.9 cm³/mol. The van der Waals surface area contributed by atoms with Crippen LogP contribution in [0, 0.1) is 0 Å². The van der Waals surface area contributed by atoms with Gasteiger partial charge in [0.15, 0.2) is 0 Å². The Balaban J connectivity index is 0. The Morgan fingerprint density at radius 3 is 2.17 bits per heavy atom.